The number of amides is 1. The molecule has 1 amide bonds. The molecular weight excluding hydrogens is 280 g/mol. The third-order valence-corrected chi connectivity index (χ3v) is 3.09. The molecule has 114 valence electrons. The zero-order valence-corrected chi connectivity index (χ0v) is 12.6. The van der Waals surface area contributed by atoms with Crippen LogP contribution in [0.15, 0.2) is 48.8 Å². The summed E-state index contributed by atoms with van der Waals surface area (Å²) < 4.78 is 4.93. The lowest BCUT2D eigenvalue weighted by Gasteiger charge is -2.09. The number of rotatable bonds is 5. The predicted octanol–water partition coefficient (Wildman–Crippen LogP) is 3.00. The molecule has 1 aromatic heterocycles. The van der Waals surface area contributed by atoms with Crippen LogP contribution in [0.2, 0.25) is 0 Å². The van der Waals surface area contributed by atoms with Crippen molar-refractivity contribution < 1.29 is 14.3 Å². The third-order valence-electron chi connectivity index (χ3n) is 3.09. The number of esters is 1. The van der Waals surface area contributed by atoms with Crippen molar-refractivity contribution >= 4 is 17.6 Å². The fraction of sp³-hybridized carbons (Fsp3) is 0.235. The molecule has 2 rings (SSSR count). The first-order chi connectivity index (χ1) is 10.6. The van der Waals surface area contributed by atoms with E-state index >= 15 is 0 Å². The molecular formula is C17H18N2O3. The molecule has 5 nitrogen and oxygen atoms in total. The SMILES string of the molecule is CC(C)c1ccc(NC(=O)COC(=O)c2cccnc2)cc1. The van der Waals surface area contributed by atoms with Crippen molar-refractivity contribution in [1.82, 2.24) is 4.98 Å². The second-order valence-electron chi connectivity index (χ2n) is 5.14. The van der Waals surface area contributed by atoms with Crippen molar-refractivity contribution in [2.75, 3.05) is 11.9 Å². The number of hydrogen-bond donors (Lipinski definition) is 1. The van der Waals surface area contributed by atoms with E-state index in [1.165, 1.54) is 11.8 Å². The zero-order valence-electron chi connectivity index (χ0n) is 12.6. The van der Waals surface area contributed by atoms with Crippen LogP contribution in [-0.4, -0.2) is 23.5 Å². The quantitative estimate of drug-likeness (QED) is 0.862. The van der Waals surface area contributed by atoms with E-state index in [1.807, 2.05) is 24.3 Å². The lowest BCUT2D eigenvalue weighted by Crippen LogP contribution is -2.21. The van der Waals surface area contributed by atoms with E-state index in [-0.39, 0.29) is 12.5 Å². The molecule has 0 aliphatic heterocycles. The first-order valence-corrected chi connectivity index (χ1v) is 7.03. The largest absolute Gasteiger partial charge is 0.452 e. The van der Waals surface area contributed by atoms with E-state index in [1.54, 1.807) is 18.3 Å². The molecule has 0 atom stereocenters. The molecule has 22 heavy (non-hydrogen) atoms. The Labute approximate surface area is 129 Å². The van der Waals surface area contributed by atoms with E-state index in [0.29, 0.717) is 17.2 Å². The van der Waals surface area contributed by atoms with Crippen LogP contribution in [0.3, 0.4) is 0 Å². The Morgan fingerprint density at radius 2 is 1.91 bits per heavy atom. The Kier molecular flexibility index (Phi) is 5.25. The first-order valence-electron chi connectivity index (χ1n) is 7.03. The van der Waals surface area contributed by atoms with Gasteiger partial charge in [0.2, 0.25) is 0 Å². The third kappa shape index (κ3) is 4.41. The second-order valence-corrected chi connectivity index (χ2v) is 5.14. The monoisotopic (exact) mass is 298 g/mol. The molecule has 0 saturated heterocycles. The zero-order chi connectivity index (χ0) is 15.9. The van der Waals surface area contributed by atoms with Crippen LogP contribution >= 0.6 is 0 Å². The molecule has 0 spiro atoms. The molecule has 1 heterocycles. The van der Waals surface area contributed by atoms with Crippen molar-refractivity contribution in [1.29, 1.82) is 0 Å². The van der Waals surface area contributed by atoms with Crippen LogP contribution < -0.4 is 5.32 Å². The first kappa shape index (κ1) is 15.7. The average Bonchev–Trinajstić information content (AvgIpc) is 2.54. The number of aromatic nitrogens is 1. The molecule has 0 aliphatic carbocycles. The molecule has 0 bridgehead atoms. The van der Waals surface area contributed by atoms with Crippen LogP contribution in [-0.2, 0) is 9.53 Å². The molecule has 5 heteroatoms. The van der Waals surface area contributed by atoms with E-state index in [4.69, 9.17) is 4.74 Å². The maximum Gasteiger partial charge on any atom is 0.340 e. The van der Waals surface area contributed by atoms with E-state index < -0.39 is 5.97 Å². The van der Waals surface area contributed by atoms with Gasteiger partial charge in [-0.25, -0.2) is 4.79 Å². The van der Waals surface area contributed by atoms with Gasteiger partial charge in [0, 0.05) is 18.1 Å². The van der Waals surface area contributed by atoms with Gasteiger partial charge in [0.1, 0.15) is 0 Å². The lowest BCUT2D eigenvalue weighted by molar-refractivity contribution is -0.119. The molecule has 0 aliphatic rings. The Hall–Kier alpha value is -2.69. The predicted molar refractivity (Wildman–Crippen MR) is 83.7 cm³/mol. The van der Waals surface area contributed by atoms with Crippen molar-refractivity contribution in [2.24, 2.45) is 0 Å². The minimum Gasteiger partial charge on any atom is -0.452 e. The number of ether oxygens (including phenoxy) is 1. The Balaban J connectivity index is 1.84. The molecule has 1 aromatic carbocycles. The van der Waals surface area contributed by atoms with Crippen LogP contribution in [0.1, 0.15) is 35.7 Å². The highest BCUT2D eigenvalue weighted by Gasteiger charge is 2.10. The summed E-state index contributed by atoms with van der Waals surface area (Å²) in [5.74, 6) is -0.516. The van der Waals surface area contributed by atoms with Crippen LogP contribution in [0.5, 0.6) is 0 Å². The average molecular weight is 298 g/mol. The van der Waals surface area contributed by atoms with Gasteiger partial charge in [0.15, 0.2) is 6.61 Å². The summed E-state index contributed by atoms with van der Waals surface area (Å²) in [6.45, 7) is 3.87. The maximum absolute atomic E-state index is 11.8. The van der Waals surface area contributed by atoms with Gasteiger partial charge in [-0.3, -0.25) is 9.78 Å². The smallest absolute Gasteiger partial charge is 0.340 e. The standard InChI is InChI=1S/C17H18N2O3/c1-12(2)13-5-7-15(8-6-13)19-16(20)11-22-17(21)14-4-3-9-18-10-14/h3-10,12H,11H2,1-2H3,(H,19,20). The number of carbonyl (C=O) groups excluding carboxylic acids is 2. The van der Waals surface area contributed by atoms with Gasteiger partial charge in [-0.15, -0.1) is 0 Å². The topological polar surface area (TPSA) is 68.3 Å². The Morgan fingerprint density at radius 3 is 2.50 bits per heavy atom. The fourth-order valence-electron chi connectivity index (χ4n) is 1.85. The molecule has 1 N–H and O–H groups in total. The van der Waals surface area contributed by atoms with Gasteiger partial charge in [-0.2, -0.15) is 0 Å². The Bertz CT molecular complexity index is 637. The second kappa shape index (κ2) is 7.36. The molecule has 0 radical (unpaired) electrons. The minimum absolute atomic E-state index is 0.316. The number of hydrogen-bond acceptors (Lipinski definition) is 4. The highest BCUT2D eigenvalue weighted by molar-refractivity contribution is 5.95. The van der Waals surface area contributed by atoms with E-state index in [9.17, 15) is 9.59 Å². The number of anilines is 1. The van der Waals surface area contributed by atoms with Crippen molar-refractivity contribution in [3.63, 3.8) is 0 Å². The summed E-state index contributed by atoms with van der Waals surface area (Å²) in [4.78, 5) is 27.3. The maximum atomic E-state index is 11.8. The number of nitrogens with one attached hydrogen (secondary N) is 1. The Morgan fingerprint density at radius 1 is 1.18 bits per heavy atom. The van der Waals surface area contributed by atoms with Crippen molar-refractivity contribution in [3.8, 4) is 0 Å². The number of nitrogens with zero attached hydrogens (tertiary/aromatic N) is 1. The number of benzene rings is 1. The summed E-state index contributed by atoms with van der Waals surface area (Å²) in [7, 11) is 0. The van der Waals surface area contributed by atoms with Crippen molar-refractivity contribution in [2.45, 2.75) is 19.8 Å². The van der Waals surface area contributed by atoms with Gasteiger partial charge in [-0.1, -0.05) is 26.0 Å². The highest BCUT2D eigenvalue weighted by Crippen LogP contribution is 2.17. The van der Waals surface area contributed by atoms with Gasteiger partial charge in [0.25, 0.3) is 5.91 Å². The van der Waals surface area contributed by atoms with Gasteiger partial charge >= 0.3 is 5.97 Å². The summed E-state index contributed by atoms with van der Waals surface area (Å²) in [6, 6.07) is 10.8. The molecule has 0 unspecified atom stereocenters. The summed E-state index contributed by atoms with van der Waals surface area (Å²) in [5, 5.41) is 2.68. The summed E-state index contributed by atoms with van der Waals surface area (Å²) in [6.07, 6.45) is 2.95. The molecule has 0 fully saturated rings. The van der Waals surface area contributed by atoms with Crippen LogP contribution in [0, 0.1) is 0 Å². The fourth-order valence-corrected chi connectivity index (χ4v) is 1.85. The van der Waals surface area contributed by atoms with E-state index in [0.717, 1.165) is 0 Å². The van der Waals surface area contributed by atoms with Gasteiger partial charge in [-0.05, 0) is 35.7 Å². The lowest BCUT2D eigenvalue weighted by atomic mass is 10.0. The van der Waals surface area contributed by atoms with Gasteiger partial charge in [0.05, 0.1) is 5.56 Å². The minimum atomic E-state index is -0.571. The molecule has 2 aromatic rings. The molecule has 0 saturated carbocycles. The number of carbonyl (C=O) groups is 2. The highest BCUT2D eigenvalue weighted by atomic mass is 16.5. The normalized spacial score (nSPS) is 10.3. The summed E-state index contributed by atoms with van der Waals surface area (Å²) >= 11 is 0. The van der Waals surface area contributed by atoms with E-state index in [2.05, 4.69) is 24.1 Å². The summed E-state index contributed by atoms with van der Waals surface area (Å²) in [5.41, 5.74) is 2.18. The van der Waals surface area contributed by atoms with Gasteiger partial charge < -0.3 is 10.1 Å². The van der Waals surface area contributed by atoms with Crippen LogP contribution in [0.4, 0.5) is 5.69 Å². The number of pyridine rings is 1. The van der Waals surface area contributed by atoms with Crippen LogP contribution in [0.25, 0.3) is 0 Å². The van der Waals surface area contributed by atoms with Crippen molar-refractivity contribution in [3.05, 3.63) is 59.9 Å².